The van der Waals surface area contributed by atoms with E-state index in [1.165, 1.54) is 11.1 Å². The van der Waals surface area contributed by atoms with Gasteiger partial charge in [0, 0.05) is 6.42 Å². The van der Waals surface area contributed by atoms with Crippen molar-refractivity contribution >= 4 is 0 Å². The summed E-state index contributed by atoms with van der Waals surface area (Å²) >= 11 is 0. The van der Waals surface area contributed by atoms with E-state index in [-0.39, 0.29) is 0 Å². The molecule has 0 saturated heterocycles. The van der Waals surface area contributed by atoms with Gasteiger partial charge < -0.3 is 9.47 Å². The molecule has 0 rings (SSSR count). The lowest BCUT2D eigenvalue weighted by Crippen LogP contribution is -1.97. The van der Waals surface area contributed by atoms with Crippen LogP contribution in [0.4, 0.5) is 0 Å². The number of rotatable bonds is 7. The minimum Gasteiger partial charge on any atom is -0.499 e. The molecule has 0 unspecified atom stereocenters. The number of ether oxygens (including phenoxy) is 2. The smallest absolute Gasteiger partial charge is 0.0949 e. The predicted molar refractivity (Wildman–Crippen MR) is 69.2 cm³/mol. The number of hydrogen-bond acceptors (Lipinski definition) is 2. The molecule has 0 aliphatic heterocycles. The van der Waals surface area contributed by atoms with Gasteiger partial charge in [-0.3, -0.25) is 0 Å². The normalized spacial score (nSPS) is 11.9. The third kappa shape index (κ3) is 5.84. The SMILES string of the molecule is CCOC(C)=C(C)CCC(OCC)=C(C)C. The molecule has 0 bridgehead atoms. The van der Waals surface area contributed by atoms with Crippen LogP contribution in [-0.4, -0.2) is 13.2 Å². The molecule has 2 nitrogen and oxygen atoms in total. The van der Waals surface area contributed by atoms with Crippen molar-refractivity contribution in [2.75, 3.05) is 13.2 Å². The quantitative estimate of drug-likeness (QED) is 0.598. The van der Waals surface area contributed by atoms with Crippen LogP contribution in [0.1, 0.15) is 54.4 Å². The first kappa shape index (κ1) is 15.1. The molecule has 0 spiro atoms. The van der Waals surface area contributed by atoms with Crippen LogP contribution in [0.2, 0.25) is 0 Å². The first-order valence-corrected chi connectivity index (χ1v) is 6.11. The molecule has 2 heteroatoms. The largest absolute Gasteiger partial charge is 0.499 e. The summed E-state index contributed by atoms with van der Waals surface area (Å²) in [5.74, 6) is 2.17. The van der Waals surface area contributed by atoms with Crippen LogP contribution < -0.4 is 0 Å². The van der Waals surface area contributed by atoms with Crippen molar-refractivity contribution in [2.24, 2.45) is 0 Å². The minimum atomic E-state index is 0.740. The lowest BCUT2D eigenvalue weighted by atomic mass is 10.1. The Hall–Kier alpha value is -0.920. The Morgan fingerprint density at radius 1 is 0.812 bits per heavy atom. The molecule has 0 heterocycles. The summed E-state index contributed by atoms with van der Waals surface area (Å²) in [6, 6.07) is 0. The van der Waals surface area contributed by atoms with Crippen LogP contribution in [0.15, 0.2) is 22.7 Å². The van der Waals surface area contributed by atoms with Gasteiger partial charge in [-0.1, -0.05) is 0 Å². The second kappa shape index (κ2) is 8.26. The van der Waals surface area contributed by atoms with Gasteiger partial charge in [0.25, 0.3) is 0 Å². The summed E-state index contributed by atoms with van der Waals surface area (Å²) in [6.45, 7) is 13.9. The summed E-state index contributed by atoms with van der Waals surface area (Å²) in [4.78, 5) is 0. The molecule has 94 valence electrons. The zero-order chi connectivity index (χ0) is 12.6. The van der Waals surface area contributed by atoms with Crippen molar-refractivity contribution in [3.05, 3.63) is 22.7 Å². The molecule has 0 amide bonds. The average Bonchev–Trinajstić information content (AvgIpc) is 2.23. The summed E-state index contributed by atoms with van der Waals surface area (Å²) in [5.41, 5.74) is 2.57. The topological polar surface area (TPSA) is 18.5 Å². The Morgan fingerprint density at radius 3 is 1.81 bits per heavy atom. The number of hydrogen-bond donors (Lipinski definition) is 0. The van der Waals surface area contributed by atoms with Crippen molar-refractivity contribution in [3.8, 4) is 0 Å². The van der Waals surface area contributed by atoms with Gasteiger partial charge in [0.05, 0.1) is 24.7 Å². The van der Waals surface area contributed by atoms with Crippen LogP contribution >= 0.6 is 0 Å². The van der Waals surface area contributed by atoms with E-state index < -0.39 is 0 Å². The third-order valence-electron chi connectivity index (χ3n) is 2.57. The van der Waals surface area contributed by atoms with E-state index in [4.69, 9.17) is 9.47 Å². The number of allylic oxidation sites excluding steroid dienone is 4. The highest BCUT2D eigenvalue weighted by Gasteiger charge is 2.03. The van der Waals surface area contributed by atoms with E-state index in [1.54, 1.807) is 0 Å². The Bertz CT molecular complexity index is 258. The standard InChI is InChI=1S/C14H26O2/c1-7-15-13(6)12(5)9-10-14(11(3)4)16-8-2/h7-10H2,1-6H3. The van der Waals surface area contributed by atoms with Crippen LogP contribution in [0, 0.1) is 0 Å². The molecule has 0 fully saturated rings. The molecular weight excluding hydrogens is 200 g/mol. The van der Waals surface area contributed by atoms with Crippen molar-refractivity contribution in [3.63, 3.8) is 0 Å². The van der Waals surface area contributed by atoms with Gasteiger partial charge in [-0.05, 0) is 59.1 Å². The van der Waals surface area contributed by atoms with E-state index in [0.29, 0.717) is 0 Å². The molecule has 0 aliphatic carbocycles. The van der Waals surface area contributed by atoms with E-state index in [2.05, 4.69) is 20.8 Å². The Balaban J connectivity index is 4.32. The average molecular weight is 226 g/mol. The Labute approximate surface area is 100 Å². The molecule has 0 aromatic carbocycles. The molecule has 0 saturated carbocycles. The van der Waals surface area contributed by atoms with Gasteiger partial charge in [-0.15, -0.1) is 0 Å². The predicted octanol–water partition coefficient (Wildman–Crippen LogP) is 4.43. The fraction of sp³-hybridized carbons (Fsp3) is 0.714. The van der Waals surface area contributed by atoms with E-state index >= 15 is 0 Å². The molecule has 0 radical (unpaired) electrons. The molecule has 16 heavy (non-hydrogen) atoms. The lowest BCUT2D eigenvalue weighted by Gasteiger charge is -2.12. The lowest BCUT2D eigenvalue weighted by molar-refractivity contribution is 0.211. The van der Waals surface area contributed by atoms with E-state index in [0.717, 1.165) is 37.6 Å². The van der Waals surface area contributed by atoms with Gasteiger partial charge in [-0.25, -0.2) is 0 Å². The Kier molecular flexibility index (Phi) is 7.78. The van der Waals surface area contributed by atoms with Crippen LogP contribution in [0.5, 0.6) is 0 Å². The van der Waals surface area contributed by atoms with Crippen LogP contribution in [-0.2, 0) is 9.47 Å². The van der Waals surface area contributed by atoms with Gasteiger partial charge >= 0.3 is 0 Å². The second-order valence-corrected chi connectivity index (χ2v) is 4.13. The summed E-state index contributed by atoms with van der Waals surface area (Å²) < 4.78 is 11.1. The monoisotopic (exact) mass is 226 g/mol. The maximum atomic E-state index is 5.61. The highest BCUT2D eigenvalue weighted by atomic mass is 16.5. The van der Waals surface area contributed by atoms with Gasteiger partial charge in [-0.2, -0.15) is 0 Å². The van der Waals surface area contributed by atoms with Crippen LogP contribution in [0.3, 0.4) is 0 Å². The first-order valence-electron chi connectivity index (χ1n) is 6.11. The van der Waals surface area contributed by atoms with Crippen molar-refractivity contribution < 1.29 is 9.47 Å². The third-order valence-corrected chi connectivity index (χ3v) is 2.57. The van der Waals surface area contributed by atoms with Gasteiger partial charge in [0.1, 0.15) is 0 Å². The fourth-order valence-electron chi connectivity index (χ4n) is 1.46. The molecule has 0 aliphatic rings. The van der Waals surface area contributed by atoms with Gasteiger partial charge in [0.15, 0.2) is 0 Å². The zero-order valence-electron chi connectivity index (χ0n) is 11.6. The fourth-order valence-corrected chi connectivity index (χ4v) is 1.46. The van der Waals surface area contributed by atoms with Crippen LogP contribution in [0.25, 0.3) is 0 Å². The van der Waals surface area contributed by atoms with E-state index in [1.807, 2.05) is 20.8 Å². The molecular formula is C14H26O2. The van der Waals surface area contributed by atoms with Crippen molar-refractivity contribution in [1.82, 2.24) is 0 Å². The molecule has 0 N–H and O–H groups in total. The van der Waals surface area contributed by atoms with Crippen molar-refractivity contribution in [2.45, 2.75) is 54.4 Å². The summed E-state index contributed by atoms with van der Waals surface area (Å²) in [5, 5.41) is 0. The second-order valence-electron chi connectivity index (χ2n) is 4.13. The van der Waals surface area contributed by atoms with Gasteiger partial charge in [0.2, 0.25) is 0 Å². The minimum absolute atomic E-state index is 0.740. The highest BCUT2D eigenvalue weighted by Crippen LogP contribution is 2.18. The highest BCUT2D eigenvalue weighted by molar-refractivity contribution is 5.09. The molecule has 0 atom stereocenters. The zero-order valence-corrected chi connectivity index (χ0v) is 11.6. The maximum absolute atomic E-state index is 5.61. The first-order chi connectivity index (χ1) is 7.52. The maximum Gasteiger partial charge on any atom is 0.0949 e. The van der Waals surface area contributed by atoms with Crippen molar-refractivity contribution in [1.29, 1.82) is 0 Å². The molecule has 0 aromatic heterocycles. The Morgan fingerprint density at radius 2 is 1.38 bits per heavy atom. The van der Waals surface area contributed by atoms with E-state index in [9.17, 15) is 0 Å². The summed E-state index contributed by atoms with van der Waals surface area (Å²) in [7, 11) is 0. The summed E-state index contributed by atoms with van der Waals surface area (Å²) in [6.07, 6.45) is 1.97. The molecule has 0 aromatic rings.